The Hall–Kier alpha value is -0.950. The first kappa shape index (κ1) is 15.7. The predicted octanol–water partition coefficient (Wildman–Crippen LogP) is 1.82. The third-order valence-electron chi connectivity index (χ3n) is 0.250. The molecule has 0 radical (unpaired) electrons. The zero-order chi connectivity index (χ0) is 6.12. The lowest BCUT2D eigenvalue weighted by Crippen LogP contribution is -1.28. The molecular weight excluding hydrogens is 103 g/mol. The Kier molecular flexibility index (Phi) is 72.2. The van der Waals surface area contributed by atoms with E-state index in [0.717, 1.165) is 0 Å². The fourth-order valence-electron chi connectivity index (χ4n) is 0. The highest BCUT2D eigenvalue weighted by Gasteiger charge is 1.26. The van der Waals surface area contributed by atoms with E-state index >= 15 is 0 Å². The van der Waals surface area contributed by atoms with Crippen LogP contribution in [0.4, 0.5) is 4.70 Å². The fourth-order valence-corrected chi connectivity index (χ4v) is 0. The molecule has 0 aromatic rings. The van der Waals surface area contributed by atoms with Crippen molar-refractivity contribution in [1.29, 1.82) is 0 Å². The van der Waals surface area contributed by atoms with Crippen LogP contribution in [0.5, 0.6) is 0 Å². The molecular formula is C7H11F. The molecule has 0 aromatic heterocycles. The standard InChI is InChI=1S/C4H6.C3H4.FH/c1-3-4-2;1-3-2;/h1-2H3;1H,2H3;1H. The molecule has 0 spiro atoms. The number of halogens is 1. The highest BCUT2D eigenvalue weighted by atomic mass is 19.0. The average molecular weight is 114 g/mol. The lowest BCUT2D eigenvalue weighted by Gasteiger charge is -1.40. The lowest BCUT2D eigenvalue weighted by molar-refractivity contribution is 1.11. The van der Waals surface area contributed by atoms with Crippen molar-refractivity contribution in [2.45, 2.75) is 20.8 Å². The van der Waals surface area contributed by atoms with Gasteiger partial charge in [-0.05, 0) is 20.8 Å². The van der Waals surface area contributed by atoms with E-state index in [1.807, 2.05) is 13.8 Å². The maximum Gasteiger partial charge on any atom is -0.00271 e. The summed E-state index contributed by atoms with van der Waals surface area (Å²) in [5, 5.41) is 0. The van der Waals surface area contributed by atoms with Crippen LogP contribution in [0.1, 0.15) is 20.8 Å². The summed E-state index contributed by atoms with van der Waals surface area (Å²) in [7, 11) is 0. The molecule has 0 heterocycles. The minimum Gasteiger partial charge on any atom is -0.269 e. The number of hydrogen-bond acceptors (Lipinski definition) is 0. The van der Waals surface area contributed by atoms with Crippen molar-refractivity contribution in [2.24, 2.45) is 0 Å². The number of rotatable bonds is 0. The van der Waals surface area contributed by atoms with Gasteiger partial charge in [-0.3, -0.25) is 4.70 Å². The lowest BCUT2D eigenvalue weighted by atomic mass is 10.7. The molecule has 0 saturated heterocycles. The van der Waals surface area contributed by atoms with Crippen LogP contribution in [0.3, 0.4) is 0 Å². The van der Waals surface area contributed by atoms with E-state index in [0.29, 0.717) is 0 Å². The Bertz CT molecular complexity index is 91.8. The number of terminal acetylenes is 1. The van der Waals surface area contributed by atoms with Gasteiger partial charge in [0.1, 0.15) is 0 Å². The van der Waals surface area contributed by atoms with Crippen LogP contribution in [0.15, 0.2) is 0 Å². The average Bonchev–Trinajstić information content (AvgIpc) is 1.69. The summed E-state index contributed by atoms with van der Waals surface area (Å²) in [6.07, 6.45) is 4.60. The van der Waals surface area contributed by atoms with Crippen molar-refractivity contribution in [2.75, 3.05) is 0 Å². The highest BCUT2D eigenvalue weighted by Crippen LogP contribution is 1.39. The van der Waals surface area contributed by atoms with Gasteiger partial charge in [0.05, 0.1) is 0 Å². The molecule has 0 bridgehead atoms. The monoisotopic (exact) mass is 114 g/mol. The predicted molar refractivity (Wildman–Crippen MR) is 36.1 cm³/mol. The Morgan fingerprint density at radius 2 is 1.12 bits per heavy atom. The molecule has 0 fully saturated rings. The van der Waals surface area contributed by atoms with Crippen LogP contribution < -0.4 is 0 Å². The van der Waals surface area contributed by atoms with Gasteiger partial charge in [-0.1, -0.05) is 0 Å². The summed E-state index contributed by atoms with van der Waals surface area (Å²) < 4.78 is 0. The first-order valence-corrected chi connectivity index (χ1v) is 2.04. The Balaban J connectivity index is -0.0000000575. The van der Waals surface area contributed by atoms with Crippen LogP contribution >= 0.6 is 0 Å². The molecule has 0 nitrogen and oxygen atoms in total. The minimum atomic E-state index is 0. The van der Waals surface area contributed by atoms with Crippen LogP contribution in [0.25, 0.3) is 0 Å². The molecule has 0 aliphatic heterocycles. The van der Waals surface area contributed by atoms with Crippen molar-refractivity contribution in [1.82, 2.24) is 0 Å². The quantitative estimate of drug-likeness (QED) is 0.421. The van der Waals surface area contributed by atoms with Gasteiger partial charge in [-0.2, -0.15) is 0 Å². The second-order valence-electron chi connectivity index (χ2n) is 0.789. The van der Waals surface area contributed by atoms with E-state index in [2.05, 4.69) is 24.2 Å². The van der Waals surface area contributed by atoms with Gasteiger partial charge in [0.25, 0.3) is 0 Å². The molecule has 0 unspecified atom stereocenters. The fraction of sp³-hybridized carbons (Fsp3) is 0.429. The number of hydrogen-bond donors (Lipinski definition) is 0. The topological polar surface area (TPSA) is 0 Å². The third-order valence-corrected chi connectivity index (χ3v) is 0.250. The SMILES string of the molecule is C#CC.CC#CC.F. The molecule has 8 heavy (non-hydrogen) atoms. The van der Waals surface area contributed by atoms with Crippen molar-refractivity contribution < 1.29 is 4.70 Å². The summed E-state index contributed by atoms with van der Waals surface area (Å²) in [6.45, 7) is 5.29. The van der Waals surface area contributed by atoms with Crippen LogP contribution in [0.2, 0.25) is 0 Å². The van der Waals surface area contributed by atoms with E-state index in [4.69, 9.17) is 0 Å². The molecule has 0 rings (SSSR count). The maximum absolute atomic E-state index is 4.60. The van der Waals surface area contributed by atoms with Crippen LogP contribution in [0, 0.1) is 24.2 Å². The van der Waals surface area contributed by atoms with Gasteiger partial charge in [0.2, 0.25) is 0 Å². The van der Waals surface area contributed by atoms with E-state index in [9.17, 15) is 0 Å². The van der Waals surface area contributed by atoms with Gasteiger partial charge in [-0.15, -0.1) is 24.2 Å². The summed E-state index contributed by atoms with van der Waals surface area (Å²) in [5.74, 6) is 7.61. The van der Waals surface area contributed by atoms with Gasteiger partial charge >= 0.3 is 0 Å². The minimum absolute atomic E-state index is 0. The zero-order valence-corrected chi connectivity index (χ0v) is 5.49. The van der Waals surface area contributed by atoms with Crippen molar-refractivity contribution >= 4 is 0 Å². The van der Waals surface area contributed by atoms with E-state index in [1.54, 1.807) is 6.92 Å². The molecule has 0 amide bonds. The highest BCUT2D eigenvalue weighted by molar-refractivity contribution is 4.89. The van der Waals surface area contributed by atoms with Crippen molar-refractivity contribution in [3.8, 4) is 24.2 Å². The summed E-state index contributed by atoms with van der Waals surface area (Å²) in [6, 6.07) is 0. The summed E-state index contributed by atoms with van der Waals surface area (Å²) in [4.78, 5) is 0. The molecule has 0 aliphatic carbocycles. The molecule has 46 valence electrons. The van der Waals surface area contributed by atoms with Gasteiger partial charge in [-0.25, -0.2) is 0 Å². The summed E-state index contributed by atoms with van der Waals surface area (Å²) in [5.41, 5.74) is 0. The van der Waals surface area contributed by atoms with Crippen molar-refractivity contribution in [3.63, 3.8) is 0 Å². The van der Waals surface area contributed by atoms with E-state index in [1.165, 1.54) is 0 Å². The van der Waals surface area contributed by atoms with Gasteiger partial charge < -0.3 is 0 Å². The first-order chi connectivity index (χ1) is 3.33. The molecule has 0 aliphatic rings. The van der Waals surface area contributed by atoms with Crippen LogP contribution in [-0.2, 0) is 0 Å². The third kappa shape index (κ3) is 33100. The molecule has 0 saturated carbocycles. The molecule has 0 atom stereocenters. The van der Waals surface area contributed by atoms with Gasteiger partial charge in [0, 0.05) is 0 Å². The Labute approximate surface area is 50.7 Å². The molecule has 0 N–H and O–H groups in total. The van der Waals surface area contributed by atoms with Crippen LogP contribution in [-0.4, -0.2) is 0 Å². The maximum atomic E-state index is 4.60. The zero-order valence-electron chi connectivity index (χ0n) is 5.49. The smallest absolute Gasteiger partial charge is 0.00271 e. The second-order valence-corrected chi connectivity index (χ2v) is 0.789. The van der Waals surface area contributed by atoms with E-state index in [-0.39, 0.29) is 4.70 Å². The largest absolute Gasteiger partial charge is 0.269 e. The first-order valence-electron chi connectivity index (χ1n) is 2.04. The Morgan fingerprint density at radius 3 is 1.12 bits per heavy atom. The molecule has 1 heteroatoms. The van der Waals surface area contributed by atoms with Crippen molar-refractivity contribution in [3.05, 3.63) is 0 Å². The van der Waals surface area contributed by atoms with E-state index < -0.39 is 0 Å². The Morgan fingerprint density at radius 1 is 1.00 bits per heavy atom. The van der Waals surface area contributed by atoms with Gasteiger partial charge in [0.15, 0.2) is 0 Å². The normalized spacial score (nSPS) is 2.75. The molecule has 0 aromatic carbocycles. The second kappa shape index (κ2) is 36.7. The summed E-state index contributed by atoms with van der Waals surface area (Å²) >= 11 is 0.